The molecule has 0 rings (SSSR count). The smallest absolute Gasteiger partial charge is 0.357 e. The van der Waals surface area contributed by atoms with Crippen molar-refractivity contribution in [2.45, 2.75) is 0 Å². The van der Waals surface area contributed by atoms with Crippen LogP contribution in [0.5, 0.6) is 0 Å². The molecule has 0 aromatic rings. The molecule has 0 spiro atoms. The molecule has 78 valence electrons. The summed E-state index contributed by atoms with van der Waals surface area (Å²) in [5, 5.41) is 0. The molecule has 9 nitrogen and oxygen atoms in total. The van der Waals surface area contributed by atoms with Crippen molar-refractivity contribution in [2.75, 3.05) is 0 Å². The van der Waals surface area contributed by atoms with Crippen LogP contribution in [0.4, 0.5) is 0 Å². The molecule has 0 N–H and O–H groups in total. The summed E-state index contributed by atoms with van der Waals surface area (Å²) in [7, 11) is -8.56. The minimum atomic E-state index is -2.85. The predicted molar refractivity (Wildman–Crippen MR) is 0 cm³/mol. The summed E-state index contributed by atoms with van der Waals surface area (Å²) in [4.78, 5) is 0. The molecular weight excluding hydrogens is 319 g/mol. The van der Waals surface area contributed by atoms with Crippen molar-refractivity contribution in [3.05, 3.63) is 0 Å². The summed E-state index contributed by atoms with van der Waals surface area (Å²) in [6, 6.07) is 0. The standard InChI is InChI=1S/3ClO3.3Na/c3*2-1(3)4;;;/q3*-1;3*+1. The zero-order valence-corrected chi connectivity index (χ0v) is 16.1. The first kappa shape index (κ1) is 36.3. The van der Waals surface area contributed by atoms with Gasteiger partial charge in [0.25, 0.3) is 0 Å². The van der Waals surface area contributed by atoms with Crippen molar-refractivity contribution in [2.24, 2.45) is 0 Å². The molecule has 0 aliphatic heterocycles. The summed E-state index contributed by atoms with van der Waals surface area (Å²) in [5.74, 6) is 0. The van der Waals surface area contributed by atoms with Crippen LogP contribution in [0.25, 0.3) is 0 Å². The Bertz CT molecular complexity index is 49.1. The average molecular weight is 319 g/mol. The number of hydrogen-bond acceptors (Lipinski definition) is 9. The maximum atomic E-state index is 8.41. The van der Waals surface area contributed by atoms with Gasteiger partial charge in [-0.05, 0) is 0 Å². The summed E-state index contributed by atoms with van der Waals surface area (Å²) in [6.45, 7) is 0. The molecule has 0 unspecified atom stereocenters. The monoisotopic (exact) mass is 318 g/mol. The largest absolute Gasteiger partial charge is 1.00 e. The first-order chi connectivity index (χ1) is 5.20. The molecule has 15 heavy (non-hydrogen) atoms. The fourth-order valence-electron chi connectivity index (χ4n) is 0. The van der Waals surface area contributed by atoms with Crippen LogP contribution in [0.15, 0.2) is 0 Å². The molecule has 0 atom stereocenters. The first-order valence-electron chi connectivity index (χ1n) is 1.39. The van der Waals surface area contributed by atoms with E-state index in [1.165, 1.54) is 0 Å². The van der Waals surface area contributed by atoms with E-state index in [0.717, 1.165) is 0 Å². The molecule has 0 aromatic carbocycles. The number of hydrogen-bond donors (Lipinski definition) is 0. The van der Waals surface area contributed by atoms with Crippen LogP contribution in [0.2, 0.25) is 0 Å². The molecular formula is Cl3Na3O9. The van der Waals surface area contributed by atoms with E-state index in [4.69, 9.17) is 41.9 Å². The number of halogens is 3. The van der Waals surface area contributed by atoms with Crippen LogP contribution in [-0.2, 0) is 0 Å². The fourth-order valence-corrected chi connectivity index (χ4v) is 0. The van der Waals surface area contributed by atoms with Crippen LogP contribution < -0.4 is 131 Å². The topological polar surface area (TPSA) is 208 Å². The van der Waals surface area contributed by atoms with Crippen LogP contribution in [0.1, 0.15) is 0 Å². The van der Waals surface area contributed by atoms with E-state index in [0.29, 0.717) is 0 Å². The van der Waals surface area contributed by atoms with Gasteiger partial charge in [-0.3, -0.25) is 0 Å². The van der Waals surface area contributed by atoms with Crippen molar-refractivity contribution < 1.29 is 163 Å². The molecule has 0 radical (unpaired) electrons. The van der Waals surface area contributed by atoms with Gasteiger partial charge in [0.2, 0.25) is 0 Å². The van der Waals surface area contributed by atoms with Crippen molar-refractivity contribution in [1.82, 2.24) is 0 Å². The fraction of sp³-hybridized carbons (Fsp3) is 0. The maximum Gasteiger partial charge on any atom is 1.00 e. The Kier molecular flexibility index (Phi) is 73.7. The van der Waals surface area contributed by atoms with Crippen LogP contribution in [-0.4, -0.2) is 0 Å². The van der Waals surface area contributed by atoms with E-state index < -0.39 is 32.4 Å². The minimum absolute atomic E-state index is 0. The third-order valence-corrected chi connectivity index (χ3v) is 0. The van der Waals surface area contributed by atoms with Crippen LogP contribution >= 0.6 is 0 Å². The zero-order valence-electron chi connectivity index (χ0n) is 7.81. The van der Waals surface area contributed by atoms with E-state index >= 15 is 0 Å². The molecule has 0 aromatic heterocycles. The second-order valence-electron chi connectivity index (χ2n) is 0.567. The second kappa shape index (κ2) is 30.5. The van der Waals surface area contributed by atoms with E-state index in [9.17, 15) is 0 Å². The molecule has 0 saturated carbocycles. The molecule has 0 saturated heterocycles. The Labute approximate surface area is 160 Å². The Morgan fingerprint density at radius 2 is 0.333 bits per heavy atom. The van der Waals surface area contributed by atoms with Gasteiger partial charge in [0.05, 0.1) is 32.4 Å². The minimum Gasteiger partial charge on any atom is -0.357 e. The molecule has 0 fully saturated rings. The van der Waals surface area contributed by atoms with E-state index in [-0.39, 0.29) is 88.7 Å². The quantitative estimate of drug-likeness (QED) is 0.387. The zero-order chi connectivity index (χ0) is 10.7. The SMILES string of the molecule is [Na+].[Na+].[Na+].[O-][Cl+2]([O-])[O-].[O-][Cl+2]([O-])[O-].[O-][Cl+2]([O-])[O-]. The molecule has 0 aliphatic carbocycles. The van der Waals surface area contributed by atoms with Crippen molar-refractivity contribution in [3.8, 4) is 0 Å². The maximum absolute atomic E-state index is 8.41. The van der Waals surface area contributed by atoms with Gasteiger partial charge >= 0.3 is 88.7 Å². The average Bonchev–Trinajstić information content (AvgIpc) is 1.54. The molecule has 15 heteroatoms. The van der Waals surface area contributed by atoms with Crippen molar-refractivity contribution in [3.63, 3.8) is 0 Å². The van der Waals surface area contributed by atoms with Gasteiger partial charge in [-0.25, -0.2) is 0 Å². The third kappa shape index (κ3) is 342. The molecule has 0 heterocycles. The van der Waals surface area contributed by atoms with Crippen molar-refractivity contribution >= 4 is 0 Å². The molecule has 0 amide bonds. The Hall–Kier alpha value is 3.51. The summed E-state index contributed by atoms with van der Waals surface area (Å²) in [5.41, 5.74) is 0. The third-order valence-electron chi connectivity index (χ3n) is 0. The van der Waals surface area contributed by atoms with Gasteiger partial charge in [0.15, 0.2) is 0 Å². The number of rotatable bonds is 0. The second-order valence-corrected chi connectivity index (χ2v) is 1.70. The Morgan fingerprint density at radius 1 is 0.333 bits per heavy atom. The van der Waals surface area contributed by atoms with E-state index in [1.54, 1.807) is 0 Å². The summed E-state index contributed by atoms with van der Waals surface area (Å²) >= 11 is 0. The van der Waals surface area contributed by atoms with Gasteiger partial charge in [-0.2, -0.15) is 0 Å². The van der Waals surface area contributed by atoms with E-state index in [2.05, 4.69) is 0 Å². The van der Waals surface area contributed by atoms with Gasteiger partial charge in [0, 0.05) is 0 Å². The van der Waals surface area contributed by atoms with Crippen LogP contribution in [0, 0.1) is 32.4 Å². The van der Waals surface area contributed by atoms with Crippen LogP contribution in [0.3, 0.4) is 0 Å². The van der Waals surface area contributed by atoms with Gasteiger partial charge in [-0.1, -0.05) is 0 Å². The normalized spacial score (nSPS) is 7.20. The van der Waals surface area contributed by atoms with Gasteiger partial charge < -0.3 is 41.9 Å². The summed E-state index contributed by atoms with van der Waals surface area (Å²) < 4.78 is 75.7. The molecule has 0 aliphatic rings. The van der Waals surface area contributed by atoms with Gasteiger partial charge in [0.1, 0.15) is 0 Å². The Balaban J connectivity index is -0.0000000184. The van der Waals surface area contributed by atoms with E-state index in [1.807, 2.05) is 0 Å². The Morgan fingerprint density at radius 3 is 0.333 bits per heavy atom. The predicted octanol–water partition coefficient (Wildman–Crippen LogP) is -19.7. The first-order valence-corrected chi connectivity index (χ1v) is 4.17. The molecule has 0 bridgehead atoms. The van der Waals surface area contributed by atoms with Gasteiger partial charge in [-0.15, -0.1) is 0 Å². The van der Waals surface area contributed by atoms with Crippen molar-refractivity contribution in [1.29, 1.82) is 0 Å². The summed E-state index contributed by atoms with van der Waals surface area (Å²) in [6.07, 6.45) is 0.